The van der Waals surface area contributed by atoms with Gasteiger partial charge in [0, 0.05) is 25.4 Å². The van der Waals surface area contributed by atoms with E-state index in [9.17, 15) is 5.11 Å². The average molecular weight is 242 g/mol. The number of aromatic nitrogens is 1. The quantitative estimate of drug-likeness (QED) is 0.879. The molecule has 0 spiro atoms. The van der Waals surface area contributed by atoms with Crippen LogP contribution in [-0.2, 0) is 11.2 Å². The van der Waals surface area contributed by atoms with E-state index in [2.05, 4.69) is 4.98 Å². The smallest absolute Gasteiger partial charge is 0.0622 e. The van der Waals surface area contributed by atoms with E-state index in [-0.39, 0.29) is 12.2 Å². The molecule has 88 valence electrons. The summed E-state index contributed by atoms with van der Waals surface area (Å²) >= 11 is 5.98. The number of halogens is 1. The Morgan fingerprint density at radius 1 is 1.62 bits per heavy atom. The number of pyridine rings is 1. The maximum atomic E-state index is 9.93. The minimum atomic E-state index is -0.386. The largest absolute Gasteiger partial charge is 0.393 e. The monoisotopic (exact) mass is 241 g/mol. The maximum absolute atomic E-state index is 9.93. The Hall–Kier alpha value is -0.640. The molecule has 1 aliphatic heterocycles. The van der Waals surface area contributed by atoms with Crippen molar-refractivity contribution >= 4 is 11.6 Å². The Labute approximate surface area is 100 Å². The van der Waals surface area contributed by atoms with E-state index in [0.717, 1.165) is 25.0 Å². The van der Waals surface area contributed by atoms with Crippen molar-refractivity contribution in [1.29, 1.82) is 0 Å². The third-order valence-corrected chi connectivity index (χ3v) is 3.21. The highest BCUT2D eigenvalue weighted by atomic mass is 35.5. The van der Waals surface area contributed by atoms with Crippen LogP contribution in [0.25, 0.3) is 0 Å². The van der Waals surface area contributed by atoms with Gasteiger partial charge in [0.15, 0.2) is 0 Å². The highest BCUT2D eigenvalue weighted by Crippen LogP contribution is 2.21. The molecule has 3 nitrogen and oxygen atoms in total. The first kappa shape index (κ1) is 11.8. The molecule has 0 aromatic carbocycles. The van der Waals surface area contributed by atoms with Gasteiger partial charge in [0.25, 0.3) is 0 Å². The van der Waals surface area contributed by atoms with Gasteiger partial charge in [0.05, 0.1) is 17.2 Å². The molecule has 4 heteroatoms. The van der Waals surface area contributed by atoms with Crippen molar-refractivity contribution in [2.75, 3.05) is 6.61 Å². The molecular weight excluding hydrogens is 226 g/mol. The number of ether oxygens (including phenoxy) is 1. The van der Waals surface area contributed by atoms with Crippen LogP contribution in [-0.4, -0.2) is 28.9 Å². The molecule has 0 bridgehead atoms. The van der Waals surface area contributed by atoms with Crippen molar-refractivity contribution in [2.24, 2.45) is 0 Å². The van der Waals surface area contributed by atoms with Crippen LogP contribution in [0, 0.1) is 0 Å². The average Bonchev–Trinajstić information content (AvgIpc) is 2.74. The summed E-state index contributed by atoms with van der Waals surface area (Å²) in [5, 5.41) is 10.5. The summed E-state index contributed by atoms with van der Waals surface area (Å²) in [6.07, 6.45) is 6.56. The molecule has 2 atom stereocenters. The predicted octanol–water partition coefficient (Wildman–Crippen LogP) is 2.21. The molecule has 1 aliphatic rings. The molecule has 2 rings (SSSR count). The fraction of sp³-hybridized carbons (Fsp3) is 0.583. The van der Waals surface area contributed by atoms with Crippen LogP contribution >= 0.6 is 11.6 Å². The first-order chi connectivity index (χ1) is 7.75. The molecule has 1 fully saturated rings. The van der Waals surface area contributed by atoms with Crippen molar-refractivity contribution in [1.82, 2.24) is 4.98 Å². The summed E-state index contributed by atoms with van der Waals surface area (Å²) in [7, 11) is 0. The zero-order valence-corrected chi connectivity index (χ0v) is 9.86. The maximum Gasteiger partial charge on any atom is 0.0622 e. The fourth-order valence-electron chi connectivity index (χ4n) is 2.04. The lowest BCUT2D eigenvalue weighted by Gasteiger charge is -2.15. The lowest BCUT2D eigenvalue weighted by atomic mass is 10.0. The van der Waals surface area contributed by atoms with Gasteiger partial charge in [0.1, 0.15) is 0 Å². The first-order valence-electron chi connectivity index (χ1n) is 5.64. The second-order valence-corrected chi connectivity index (χ2v) is 4.60. The van der Waals surface area contributed by atoms with Gasteiger partial charge in [-0.1, -0.05) is 11.6 Å². The van der Waals surface area contributed by atoms with Crippen LogP contribution in [0.15, 0.2) is 18.5 Å². The number of aliphatic hydroxyl groups excluding tert-OH is 1. The highest BCUT2D eigenvalue weighted by molar-refractivity contribution is 6.31. The first-order valence-corrected chi connectivity index (χ1v) is 6.01. The van der Waals surface area contributed by atoms with Crippen LogP contribution in [0.4, 0.5) is 0 Å². The molecule has 2 heterocycles. The van der Waals surface area contributed by atoms with E-state index in [4.69, 9.17) is 16.3 Å². The standard InChI is InChI=1S/C12H16ClNO2/c13-12-8-14-4-3-9(12)6-10(15)7-11-2-1-5-16-11/h3-4,8,10-11,15H,1-2,5-7H2. The summed E-state index contributed by atoms with van der Waals surface area (Å²) in [5.74, 6) is 0. The van der Waals surface area contributed by atoms with Gasteiger partial charge in [0.2, 0.25) is 0 Å². The topological polar surface area (TPSA) is 42.4 Å². The van der Waals surface area contributed by atoms with Crippen molar-refractivity contribution < 1.29 is 9.84 Å². The lowest BCUT2D eigenvalue weighted by Crippen LogP contribution is -2.19. The van der Waals surface area contributed by atoms with Gasteiger partial charge in [-0.05, 0) is 30.9 Å². The Morgan fingerprint density at radius 2 is 2.50 bits per heavy atom. The Kier molecular flexibility index (Phi) is 4.16. The molecule has 16 heavy (non-hydrogen) atoms. The number of nitrogens with zero attached hydrogens (tertiary/aromatic N) is 1. The summed E-state index contributed by atoms with van der Waals surface area (Å²) in [6, 6.07) is 1.85. The van der Waals surface area contributed by atoms with Crippen LogP contribution in [0.5, 0.6) is 0 Å². The van der Waals surface area contributed by atoms with Crippen molar-refractivity contribution in [3.05, 3.63) is 29.0 Å². The molecular formula is C12H16ClNO2. The molecule has 0 amide bonds. The number of aliphatic hydroxyl groups is 1. The molecule has 2 unspecified atom stereocenters. The molecule has 1 aromatic rings. The third kappa shape index (κ3) is 3.17. The van der Waals surface area contributed by atoms with E-state index >= 15 is 0 Å². The molecule has 1 N–H and O–H groups in total. The molecule has 0 aliphatic carbocycles. The highest BCUT2D eigenvalue weighted by Gasteiger charge is 2.20. The minimum absolute atomic E-state index is 0.218. The Morgan fingerprint density at radius 3 is 3.19 bits per heavy atom. The second-order valence-electron chi connectivity index (χ2n) is 4.20. The molecule has 1 saturated heterocycles. The molecule has 0 saturated carbocycles. The number of rotatable bonds is 4. The Bertz CT molecular complexity index is 340. The van der Waals surface area contributed by atoms with Gasteiger partial charge >= 0.3 is 0 Å². The van der Waals surface area contributed by atoms with E-state index in [1.54, 1.807) is 12.4 Å². The van der Waals surface area contributed by atoms with Crippen molar-refractivity contribution in [3.63, 3.8) is 0 Å². The van der Waals surface area contributed by atoms with Crippen molar-refractivity contribution in [2.45, 2.75) is 37.9 Å². The molecule has 0 radical (unpaired) electrons. The SMILES string of the molecule is OC(Cc1ccncc1Cl)CC1CCCO1. The fourth-order valence-corrected chi connectivity index (χ4v) is 2.24. The minimum Gasteiger partial charge on any atom is -0.393 e. The third-order valence-electron chi connectivity index (χ3n) is 2.87. The zero-order chi connectivity index (χ0) is 11.4. The lowest BCUT2D eigenvalue weighted by molar-refractivity contribution is 0.0541. The van der Waals surface area contributed by atoms with Gasteiger partial charge in [-0.15, -0.1) is 0 Å². The summed E-state index contributed by atoms with van der Waals surface area (Å²) in [6.45, 7) is 0.827. The summed E-state index contributed by atoms with van der Waals surface area (Å²) in [5.41, 5.74) is 0.946. The van der Waals surface area contributed by atoms with E-state index in [1.165, 1.54) is 0 Å². The van der Waals surface area contributed by atoms with E-state index in [0.29, 0.717) is 17.9 Å². The number of hydrogen-bond donors (Lipinski definition) is 1. The van der Waals surface area contributed by atoms with Crippen LogP contribution in [0.3, 0.4) is 0 Å². The summed E-state index contributed by atoms with van der Waals surface area (Å²) in [4.78, 5) is 3.92. The van der Waals surface area contributed by atoms with Gasteiger partial charge in [-0.25, -0.2) is 0 Å². The zero-order valence-electron chi connectivity index (χ0n) is 9.10. The van der Waals surface area contributed by atoms with E-state index < -0.39 is 0 Å². The summed E-state index contributed by atoms with van der Waals surface area (Å²) < 4.78 is 5.49. The van der Waals surface area contributed by atoms with Gasteiger partial charge < -0.3 is 9.84 Å². The Balaban J connectivity index is 1.86. The van der Waals surface area contributed by atoms with Crippen LogP contribution in [0.1, 0.15) is 24.8 Å². The van der Waals surface area contributed by atoms with Gasteiger partial charge in [-0.3, -0.25) is 4.98 Å². The predicted molar refractivity (Wildman–Crippen MR) is 62.5 cm³/mol. The van der Waals surface area contributed by atoms with Crippen LogP contribution < -0.4 is 0 Å². The number of hydrogen-bond acceptors (Lipinski definition) is 3. The van der Waals surface area contributed by atoms with Crippen molar-refractivity contribution in [3.8, 4) is 0 Å². The normalized spacial score (nSPS) is 22.2. The van der Waals surface area contributed by atoms with E-state index in [1.807, 2.05) is 6.07 Å². The molecule has 1 aromatic heterocycles. The van der Waals surface area contributed by atoms with Crippen LogP contribution in [0.2, 0.25) is 5.02 Å². The second kappa shape index (κ2) is 5.62. The van der Waals surface area contributed by atoms with Gasteiger partial charge in [-0.2, -0.15) is 0 Å².